The molecule has 2 nitrogen and oxygen atoms in total. The second kappa shape index (κ2) is 5.85. The number of amides is 1. The van der Waals surface area contributed by atoms with Gasteiger partial charge in [0.05, 0.1) is 0 Å². The third kappa shape index (κ3) is 3.69. The number of benzene rings is 1. The Kier molecular flexibility index (Phi) is 4.42. The van der Waals surface area contributed by atoms with Gasteiger partial charge in [-0.15, -0.1) is 0 Å². The van der Waals surface area contributed by atoms with E-state index >= 15 is 0 Å². The lowest BCUT2D eigenvalue weighted by Gasteiger charge is -2.22. The van der Waals surface area contributed by atoms with Gasteiger partial charge >= 0.3 is 0 Å². The van der Waals surface area contributed by atoms with Crippen molar-refractivity contribution in [2.75, 3.05) is 6.54 Å². The maximum atomic E-state index is 12.1. The summed E-state index contributed by atoms with van der Waals surface area (Å²) in [5.41, 5.74) is 1.23. The van der Waals surface area contributed by atoms with E-state index in [1.54, 1.807) is 0 Å². The van der Waals surface area contributed by atoms with Gasteiger partial charge in [0.1, 0.15) is 0 Å². The number of rotatable bonds is 5. The minimum atomic E-state index is 0.324. The van der Waals surface area contributed by atoms with E-state index in [4.69, 9.17) is 0 Å². The lowest BCUT2D eigenvalue weighted by molar-refractivity contribution is -0.133. The summed E-state index contributed by atoms with van der Waals surface area (Å²) in [6, 6.07) is 8.43. The van der Waals surface area contributed by atoms with E-state index in [1.165, 1.54) is 9.13 Å². The largest absolute Gasteiger partial charge is 0.338 e. The van der Waals surface area contributed by atoms with Crippen molar-refractivity contribution in [2.45, 2.75) is 32.7 Å². The molecule has 1 fully saturated rings. The Morgan fingerprint density at radius 2 is 2.00 bits per heavy atom. The van der Waals surface area contributed by atoms with Crippen LogP contribution in [0.15, 0.2) is 24.3 Å². The van der Waals surface area contributed by atoms with E-state index < -0.39 is 0 Å². The summed E-state index contributed by atoms with van der Waals surface area (Å²) in [6.07, 6.45) is 3.21. The first kappa shape index (κ1) is 12.9. The lowest BCUT2D eigenvalue weighted by Crippen LogP contribution is -2.32. The van der Waals surface area contributed by atoms with E-state index in [1.807, 2.05) is 4.90 Å². The van der Waals surface area contributed by atoms with E-state index in [2.05, 4.69) is 53.8 Å². The van der Waals surface area contributed by atoms with E-state index in [0.29, 0.717) is 11.8 Å². The fraction of sp³-hybridized carbons (Fsp3) is 0.500. The van der Waals surface area contributed by atoms with Crippen LogP contribution in [-0.2, 0) is 11.3 Å². The van der Waals surface area contributed by atoms with Crippen molar-refractivity contribution in [1.29, 1.82) is 0 Å². The topological polar surface area (TPSA) is 20.3 Å². The van der Waals surface area contributed by atoms with E-state index in [-0.39, 0.29) is 0 Å². The minimum Gasteiger partial charge on any atom is -0.338 e. The molecule has 92 valence electrons. The number of carbonyl (C=O) groups excluding carboxylic acids is 1. The summed E-state index contributed by atoms with van der Waals surface area (Å²) in [5, 5.41) is 0. The molecule has 0 unspecified atom stereocenters. The molecule has 0 radical (unpaired) electrons. The summed E-state index contributed by atoms with van der Waals surface area (Å²) < 4.78 is 1.24. The quantitative estimate of drug-likeness (QED) is 0.750. The van der Waals surface area contributed by atoms with Crippen LogP contribution in [0.2, 0.25) is 0 Å². The number of hydrogen-bond acceptors (Lipinski definition) is 1. The molecule has 1 saturated carbocycles. The molecule has 0 heterocycles. The maximum Gasteiger partial charge on any atom is 0.225 e. The zero-order valence-corrected chi connectivity index (χ0v) is 12.3. The Labute approximate surface area is 117 Å². The fourth-order valence-electron chi connectivity index (χ4n) is 1.94. The lowest BCUT2D eigenvalue weighted by atomic mass is 10.2. The van der Waals surface area contributed by atoms with Crippen molar-refractivity contribution in [3.63, 3.8) is 0 Å². The van der Waals surface area contributed by atoms with Gasteiger partial charge in [-0.3, -0.25) is 4.79 Å². The zero-order valence-electron chi connectivity index (χ0n) is 10.2. The highest BCUT2D eigenvalue weighted by atomic mass is 127. The van der Waals surface area contributed by atoms with Crippen LogP contribution in [0, 0.1) is 9.49 Å². The third-order valence-electron chi connectivity index (χ3n) is 3.02. The molecule has 2 rings (SSSR count). The number of halogens is 1. The average Bonchev–Trinajstić information content (AvgIpc) is 3.14. The van der Waals surface area contributed by atoms with Crippen LogP contribution < -0.4 is 0 Å². The standard InChI is InChI=1S/C14H18INO/c1-2-9-16(14(17)12-5-6-12)10-11-3-7-13(15)8-4-11/h3-4,7-8,12H,2,5-6,9-10H2,1H3. The first-order valence-electron chi connectivity index (χ1n) is 6.24. The first-order valence-corrected chi connectivity index (χ1v) is 7.32. The number of carbonyl (C=O) groups is 1. The molecule has 0 aromatic heterocycles. The first-order chi connectivity index (χ1) is 8.20. The van der Waals surface area contributed by atoms with Gasteiger partial charge in [-0.2, -0.15) is 0 Å². The molecule has 1 aliphatic carbocycles. The van der Waals surface area contributed by atoms with Crippen molar-refractivity contribution in [2.24, 2.45) is 5.92 Å². The second-order valence-electron chi connectivity index (χ2n) is 4.66. The highest BCUT2D eigenvalue weighted by Crippen LogP contribution is 2.31. The van der Waals surface area contributed by atoms with Crippen LogP contribution in [0.25, 0.3) is 0 Å². The maximum absolute atomic E-state index is 12.1. The summed E-state index contributed by atoms with van der Waals surface area (Å²) in [6.45, 7) is 3.77. The molecule has 1 aliphatic rings. The van der Waals surface area contributed by atoms with Crippen LogP contribution in [0.1, 0.15) is 31.7 Å². The van der Waals surface area contributed by atoms with Crippen molar-refractivity contribution in [3.8, 4) is 0 Å². The summed E-state index contributed by atoms with van der Waals surface area (Å²) in [7, 11) is 0. The van der Waals surface area contributed by atoms with Gasteiger partial charge in [0.25, 0.3) is 0 Å². The van der Waals surface area contributed by atoms with Crippen LogP contribution in [0.4, 0.5) is 0 Å². The SMILES string of the molecule is CCCN(Cc1ccc(I)cc1)C(=O)C1CC1. The van der Waals surface area contributed by atoms with Crippen LogP contribution in [-0.4, -0.2) is 17.4 Å². The molecule has 1 aromatic rings. The third-order valence-corrected chi connectivity index (χ3v) is 3.74. The summed E-state index contributed by atoms with van der Waals surface area (Å²) >= 11 is 2.30. The smallest absolute Gasteiger partial charge is 0.225 e. The van der Waals surface area contributed by atoms with Gasteiger partial charge in [0.15, 0.2) is 0 Å². The van der Waals surface area contributed by atoms with Crippen molar-refractivity contribution in [3.05, 3.63) is 33.4 Å². The van der Waals surface area contributed by atoms with E-state index in [9.17, 15) is 4.79 Å². The van der Waals surface area contributed by atoms with E-state index in [0.717, 1.165) is 32.4 Å². The Bertz CT molecular complexity index is 384. The Hall–Kier alpha value is -0.580. The van der Waals surface area contributed by atoms with Crippen molar-refractivity contribution < 1.29 is 4.79 Å². The average molecular weight is 343 g/mol. The molecule has 3 heteroatoms. The summed E-state index contributed by atoms with van der Waals surface area (Å²) in [5.74, 6) is 0.677. The molecule has 0 aliphatic heterocycles. The Balaban J connectivity index is 2.01. The molecule has 0 saturated heterocycles. The predicted octanol–water partition coefficient (Wildman–Crippen LogP) is 3.44. The van der Waals surface area contributed by atoms with Crippen LogP contribution in [0.5, 0.6) is 0 Å². The molecule has 0 bridgehead atoms. The molecular formula is C14H18INO. The molecule has 1 aromatic carbocycles. The highest BCUT2D eigenvalue weighted by molar-refractivity contribution is 14.1. The van der Waals surface area contributed by atoms with Gasteiger partial charge < -0.3 is 4.90 Å². The molecule has 1 amide bonds. The molecule has 0 spiro atoms. The normalized spacial score (nSPS) is 14.7. The molecule has 17 heavy (non-hydrogen) atoms. The predicted molar refractivity (Wildman–Crippen MR) is 77.6 cm³/mol. The van der Waals surface area contributed by atoms with Crippen LogP contribution >= 0.6 is 22.6 Å². The molecule has 0 atom stereocenters. The Morgan fingerprint density at radius 1 is 1.35 bits per heavy atom. The highest BCUT2D eigenvalue weighted by Gasteiger charge is 2.32. The zero-order chi connectivity index (χ0) is 12.3. The van der Waals surface area contributed by atoms with Gasteiger partial charge in [-0.1, -0.05) is 19.1 Å². The molecule has 0 N–H and O–H groups in total. The Morgan fingerprint density at radius 3 is 2.53 bits per heavy atom. The number of hydrogen-bond donors (Lipinski definition) is 0. The summed E-state index contributed by atoms with van der Waals surface area (Å²) in [4.78, 5) is 14.1. The molecular weight excluding hydrogens is 325 g/mol. The van der Waals surface area contributed by atoms with Crippen LogP contribution in [0.3, 0.4) is 0 Å². The van der Waals surface area contributed by atoms with Gasteiger partial charge in [0, 0.05) is 22.6 Å². The van der Waals surface area contributed by atoms with Crippen molar-refractivity contribution >= 4 is 28.5 Å². The van der Waals surface area contributed by atoms with Gasteiger partial charge in [-0.25, -0.2) is 0 Å². The second-order valence-corrected chi connectivity index (χ2v) is 5.91. The fourth-order valence-corrected chi connectivity index (χ4v) is 2.30. The minimum absolute atomic E-state index is 0.324. The van der Waals surface area contributed by atoms with Gasteiger partial charge in [-0.05, 0) is 59.5 Å². The van der Waals surface area contributed by atoms with Crippen molar-refractivity contribution in [1.82, 2.24) is 4.90 Å². The number of nitrogens with zero attached hydrogens (tertiary/aromatic N) is 1. The van der Waals surface area contributed by atoms with Gasteiger partial charge in [0.2, 0.25) is 5.91 Å². The monoisotopic (exact) mass is 343 g/mol.